The first-order chi connectivity index (χ1) is 11.0. The van der Waals surface area contributed by atoms with Gasteiger partial charge in [-0.1, -0.05) is 18.7 Å². The van der Waals surface area contributed by atoms with Gasteiger partial charge in [0.25, 0.3) is 0 Å². The predicted octanol–water partition coefficient (Wildman–Crippen LogP) is 2.37. The molecule has 0 aliphatic carbocycles. The van der Waals surface area contributed by atoms with Gasteiger partial charge in [-0.25, -0.2) is 4.39 Å². The third kappa shape index (κ3) is 4.88. The summed E-state index contributed by atoms with van der Waals surface area (Å²) in [4.78, 5) is 16.3. The minimum absolute atomic E-state index is 0.0453. The standard InChI is InChI=1S/C18H25FN2O2/c1-4-18(22)21(13-16-5-6-17(19)14(2)11-16)15(3)12-20-7-9-23-10-8-20/h4-6,11,15H,1,7-10,12-13H2,2-3H3. The number of hydrogen-bond acceptors (Lipinski definition) is 3. The van der Waals surface area contributed by atoms with Gasteiger partial charge < -0.3 is 9.64 Å². The molecular weight excluding hydrogens is 295 g/mol. The van der Waals surface area contributed by atoms with Crippen LogP contribution < -0.4 is 0 Å². The Kier molecular flexibility index (Phi) is 6.30. The van der Waals surface area contributed by atoms with Crippen LogP contribution in [-0.2, 0) is 16.1 Å². The lowest BCUT2D eigenvalue weighted by atomic mass is 10.1. The van der Waals surface area contributed by atoms with E-state index in [1.165, 1.54) is 12.1 Å². The summed E-state index contributed by atoms with van der Waals surface area (Å²) in [6, 6.07) is 5.02. The lowest BCUT2D eigenvalue weighted by Crippen LogP contribution is -2.47. The van der Waals surface area contributed by atoms with E-state index in [0.29, 0.717) is 12.1 Å². The molecule has 0 aromatic heterocycles. The fourth-order valence-electron chi connectivity index (χ4n) is 2.83. The number of hydrogen-bond donors (Lipinski definition) is 0. The smallest absolute Gasteiger partial charge is 0.246 e. The lowest BCUT2D eigenvalue weighted by Gasteiger charge is -2.34. The second-order valence-corrected chi connectivity index (χ2v) is 6.02. The molecule has 1 aromatic carbocycles. The van der Waals surface area contributed by atoms with Gasteiger partial charge in [-0.3, -0.25) is 9.69 Å². The number of amides is 1. The van der Waals surface area contributed by atoms with E-state index in [4.69, 9.17) is 4.74 Å². The lowest BCUT2D eigenvalue weighted by molar-refractivity contribution is -0.129. The Bertz CT molecular complexity index is 556. The molecule has 5 heteroatoms. The van der Waals surface area contributed by atoms with Gasteiger partial charge >= 0.3 is 0 Å². The number of carbonyl (C=O) groups is 1. The number of halogens is 1. The van der Waals surface area contributed by atoms with Crippen LogP contribution in [0.4, 0.5) is 4.39 Å². The molecule has 1 aliphatic rings. The van der Waals surface area contributed by atoms with Crippen molar-refractivity contribution in [3.8, 4) is 0 Å². The van der Waals surface area contributed by atoms with Crippen molar-refractivity contribution in [3.63, 3.8) is 0 Å². The fraction of sp³-hybridized carbons (Fsp3) is 0.500. The van der Waals surface area contributed by atoms with Crippen molar-refractivity contribution < 1.29 is 13.9 Å². The van der Waals surface area contributed by atoms with Crippen molar-refractivity contribution in [2.24, 2.45) is 0 Å². The van der Waals surface area contributed by atoms with Gasteiger partial charge in [-0.15, -0.1) is 0 Å². The molecule has 126 valence electrons. The van der Waals surface area contributed by atoms with Crippen LogP contribution in [0.1, 0.15) is 18.1 Å². The minimum Gasteiger partial charge on any atom is -0.379 e. The first kappa shape index (κ1) is 17.6. The Hall–Kier alpha value is -1.72. The zero-order chi connectivity index (χ0) is 16.8. The number of ether oxygens (including phenoxy) is 1. The van der Waals surface area contributed by atoms with E-state index in [9.17, 15) is 9.18 Å². The van der Waals surface area contributed by atoms with E-state index < -0.39 is 0 Å². The highest BCUT2D eigenvalue weighted by Gasteiger charge is 2.22. The highest BCUT2D eigenvalue weighted by atomic mass is 19.1. The maximum Gasteiger partial charge on any atom is 0.246 e. The molecule has 4 nitrogen and oxygen atoms in total. The van der Waals surface area contributed by atoms with Gasteiger partial charge in [0, 0.05) is 32.2 Å². The Morgan fingerprint density at radius 1 is 1.48 bits per heavy atom. The van der Waals surface area contributed by atoms with Crippen LogP contribution in [0, 0.1) is 12.7 Å². The molecule has 1 aromatic rings. The molecule has 1 atom stereocenters. The van der Waals surface area contributed by atoms with E-state index in [-0.39, 0.29) is 17.8 Å². The Balaban J connectivity index is 2.07. The molecule has 0 saturated carbocycles. The quantitative estimate of drug-likeness (QED) is 0.755. The van der Waals surface area contributed by atoms with Crippen LogP contribution in [0.25, 0.3) is 0 Å². The molecule has 0 N–H and O–H groups in total. The average Bonchev–Trinajstić information content (AvgIpc) is 2.56. The number of carbonyl (C=O) groups excluding carboxylic acids is 1. The van der Waals surface area contributed by atoms with Crippen molar-refractivity contribution in [2.45, 2.75) is 26.4 Å². The number of morpholine rings is 1. The van der Waals surface area contributed by atoms with E-state index in [1.54, 1.807) is 24.0 Å². The number of rotatable bonds is 6. The van der Waals surface area contributed by atoms with E-state index in [1.807, 2.05) is 6.92 Å². The van der Waals surface area contributed by atoms with Crippen LogP contribution in [0.5, 0.6) is 0 Å². The van der Waals surface area contributed by atoms with E-state index in [2.05, 4.69) is 11.5 Å². The van der Waals surface area contributed by atoms with Crippen LogP contribution in [-0.4, -0.2) is 54.6 Å². The van der Waals surface area contributed by atoms with Crippen molar-refractivity contribution >= 4 is 5.91 Å². The summed E-state index contributed by atoms with van der Waals surface area (Å²) in [5, 5.41) is 0. The summed E-state index contributed by atoms with van der Waals surface area (Å²) in [6.07, 6.45) is 1.34. The monoisotopic (exact) mass is 320 g/mol. The molecule has 0 spiro atoms. The van der Waals surface area contributed by atoms with Crippen LogP contribution in [0.2, 0.25) is 0 Å². The topological polar surface area (TPSA) is 32.8 Å². The number of aryl methyl sites for hydroxylation is 1. The summed E-state index contributed by atoms with van der Waals surface area (Å²) in [5.41, 5.74) is 1.52. The third-order valence-electron chi connectivity index (χ3n) is 4.19. The molecule has 1 heterocycles. The molecular formula is C18H25FN2O2. The van der Waals surface area contributed by atoms with E-state index >= 15 is 0 Å². The highest BCUT2D eigenvalue weighted by Crippen LogP contribution is 2.15. The van der Waals surface area contributed by atoms with Crippen molar-refractivity contribution in [3.05, 3.63) is 47.8 Å². The SMILES string of the molecule is C=CC(=O)N(Cc1ccc(F)c(C)c1)C(C)CN1CCOCC1. The summed E-state index contributed by atoms with van der Waals surface area (Å²) < 4.78 is 18.8. The normalized spacial score (nSPS) is 16.8. The molecule has 0 radical (unpaired) electrons. The van der Waals surface area contributed by atoms with Crippen molar-refractivity contribution in [2.75, 3.05) is 32.8 Å². The van der Waals surface area contributed by atoms with Gasteiger partial charge in [0.1, 0.15) is 5.82 Å². The van der Waals surface area contributed by atoms with Gasteiger partial charge in [0.05, 0.1) is 13.2 Å². The van der Waals surface area contributed by atoms with Crippen LogP contribution in [0.15, 0.2) is 30.9 Å². The summed E-state index contributed by atoms with van der Waals surface area (Å²) >= 11 is 0. The van der Waals surface area contributed by atoms with Gasteiger partial charge in [0.2, 0.25) is 5.91 Å². The maximum atomic E-state index is 13.4. The van der Waals surface area contributed by atoms with Crippen LogP contribution in [0.3, 0.4) is 0 Å². The number of benzene rings is 1. The minimum atomic E-state index is -0.225. The van der Waals surface area contributed by atoms with E-state index in [0.717, 1.165) is 38.4 Å². The highest BCUT2D eigenvalue weighted by molar-refractivity contribution is 5.87. The molecule has 23 heavy (non-hydrogen) atoms. The first-order valence-corrected chi connectivity index (χ1v) is 7.99. The van der Waals surface area contributed by atoms with Crippen molar-refractivity contribution in [1.29, 1.82) is 0 Å². The zero-order valence-corrected chi connectivity index (χ0v) is 13.9. The Morgan fingerprint density at radius 2 is 2.17 bits per heavy atom. The molecule has 1 saturated heterocycles. The average molecular weight is 320 g/mol. The Morgan fingerprint density at radius 3 is 2.78 bits per heavy atom. The second-order valence-electron chi connectivity index (χ2n) is 6.02. The maximum absolute atomic E-state index is 13.4. The molecule has 1 aliphatic heterocycles. The van der Waals surface area contributed by atoms with Gasteiger partial charge in [-0.05, 0) is 37.1 Å². The molecule has 1 unspecified atom stereocenters. The Labute approximate surface area is 137 Å². The van der Waals surface area contributed by atoms with Crippen LogP contribution >= 0.6 is 0 Å². The summed E-state index contributed by atoms with van der Waals surface area (Å²) in [6.45, 7) is 11.9. The van der Waals surface area contributed by atoms with Gasteiger partial charge in [0.15, 0.2) is 0 Å². The van der Waals surface area contributed by atoms with Crippen molar-refractivity contribution in [1.82, 2.24) is 9.80 Å². The molecule has 2 rings (SSSR count). The third-order valence-corrected chi connectivity index (χ3v) is 4.19. The second kappa shape index (κ2) is 8.22. The first-order valence-electron chi connectivity index (χ1n) is 7.99. The fourth-order valence-corrected chi connectivity index (χ4v) is 2.83. The summed E-state index contributed by atoms with van der Waals surface area (Å²) in [7, 11) is 0. The number of nitrogens with zero attached hydrogens (tertiary/aromatic N) is 2. The predicted molar refractivity (Wildman–Crippen MR) is 88.6 cm³/mol. The molecule has 1 fully saturated rings. The zero-order valence-electron chi connectivity index (χ0n) is 13.9. The molecule has 0 bridgehead atoms. The largest absolute Gasteiger partial charge is 0.379 e. The molecule has 1 amide bonds. The van der Waals surface area contributed by atoms with Gasteiger partial charge in [-0.2, -0.15) is 0 Å². The summed E-state index contributed by atoms with van der Waals surface area (Å²) in [5.74, 6) is -0.329.